The minimum absolute atomic E-state index is 0.660. The predicted octanol–water partition coefficient (Wildman–Crippen LogP) is 1.99. The molecule has 0 aliphatic carbocycles. The van der Waals surface area contributed by atoms with Crippen LogP contribution in [0.1, 0.15) is 19.3 Å². The van der Waals surface area contributed by atoms with Crippen LogP contribution in [0.3, 0.4) is 0 Å². The monoisotopic (exact) mass is 235 g/mol. The van der Waals surface area contributed by atoms with Crippen molar-refractivity contribution < 1.29 is 4.74 Å². The molecule has 2 rings (SSSR count). The highest BCUT2D eigenvalue weighted by Gasteiger charge is 2.08. The van der Waals surface area contributed by atoms with Gasteiger partial charge < -0.3 is 15.0 Å². The van der Waals surface area contributed by atoms with E-state index in [-0.39, 0.29) is 0 Å². The summed E-state index contributed by atoms with van der Waals surface area (Å²) in [6.07, 6.45) is 5.86. The maximum atomic E-state index is 5.09. The lowest BCUT2D eigenvalue weighted by Crippen LogP contribution is -2.33. The fourth-order valence-electron chi connectivity index (χ4n) is 2.17. The van der Waals surface area contributed by atoms with Crippen LogP contribution in [0.4, 0.5) is 5.69 Å². The smallest absolute Gasteiger partial charge is 0.214 e. The normalized spacial score (nSPS) is 16.8. The van der Waals surface area contributed by atoms with Crippen molar-refractivity contribution in [2.24, 2.45) is 0 Å². The Morgan fingerprint density at radius 2 is 2.18 bits per heavy atom. The highest BCUT2D eigenvalue weighted by atomic mass is 16.5. The number of aromatic nitrogens is 1. The summed E-state index contributed by atoms with van der Waals surface area (Å²) in [5.74, 6) is 0.660. The third-order valence-corrected chi connectivity index (χ3v) is 3.15. The lowest BCUT2D eigenvalue weighted by Gasteiger charge is -2.26. The summed E-state index contributed by atoms with van der Waals surface area (Å²) >= 11 is 0. The average molecular weight is 235 g/mol. The number of likely N-dealkylation sites (tertiary alicyclic amines) is 1. The van der Waals surface area contributed by atoms with Crippen LogP contribution in [-0.2, 0) is 0 Å². The van der Waals surface area contributed by atoms with E-state index in [1.165, 1.54) is 32.4 Å². The number of methoxy groups -OCH3 is 1. The van der Waals surface area contributed by atoms with Crippen molar-refractivity contribution in [2.75, 3.05) is 38.6 Å². The Balaban J connectivity index is 1.73. The summed E-state index contributed by atoms with van der Waals surface area (Å²) in [5, 5.41) is 3.40. The zero-order valence-corrected chi connectivity index (χ0v) is 10.5. The lowest BCUT2D eigenvalue weighted by atomic mass is 10.1. The molecule has 1 saturated heterocycles. The Morgan fingerprint density at radius 1 is 1.35 bits per heavy atom. The summed E-state index contributed by atoms with van der Waals surface area (Å²) in [6.45, 7) is 4.60. The van der Waals surface area contributed by atoms with Crippen molar-refractivity contribution in [3.8, 4) is 5.88 Å². The van der Waals surface area contributed by atoms with Crippen molar-refractivity contribution in [3.63, 3.8) is 0 Å². The van der Waals surface area contributed by atoms with Crippen LogP contribution in [0.15, 0.2) is 18.3 Å². The average Bonchev–Trinajstić information content (AvgIpc) is 2.40. The third-order valence-electron chi connectivity index (χ3n) is 3.15. The molecule has 1 N–H and O–H groups in total. The Kier molecular flexibility index (Phi) is 4.62. The Morgan fingerprint density at radius 3 is 2.94 bits per heavy atom. The van der Waals surface area contributed by atoms with E-state index in [4.69, 9.17) is 4.74 Å². The molecule has 0 amide bonds. The number of hydrogen-bond acceptors (Lipinski definition) is 4. The van der Waals surface area contributed by atoms with E-state index in [0.29, 0.717) is 5.88 Å². The molecule has 0 aromatic carbocycles. The third kappa shape index (κ3) is 3.89. The van der Waals surface area contributed by atoms with Gasteiger partial charge in [0.05, 0.1) is 7.11 Å². The minimum Gasteiger partial charge on any atom is -0.481 e. The van der Waals surface area contributed by atoms with Crippen LogP contribution >= 0.6 is 0 Å². The fourth-order valence-corrected chi connectivity index (χ4v) is 2.17. The number of ether oxygens (including phenoxy) is 1. The standard InChI is InChI=1S/C13H21N3O/c1-17-13-11-12(5-6-15-13)14-7-10-16-8-3-2-4-9-16/h5-6,11H,2-4,7-10H2,1H3,(H,14,15). The number of anilines is 1. The van der Waals surface area contributed by atoms with Crippen LogP contribution in [0.5, 0.6) is 5.88 Å². The Hall–Kier alpha value is -1.29. The molecular formula is C13H21N3O. The largest absolute Gasteiger partial charge is 0.481 e. The molecule has 0 radical (unpaired) electrons. The second kappa shape index (κ2) is 6.45. The highest BCUT2D eigenvalue weighted by Crippen LogP contribution is 2.13. The van der Waals surface area contributed by atoms with Gasteiger partial charge in [-0.05, 0) is 32.0 Å². The van der Waals surface area contributed by atoms with Crippen LogP contribution in [0, 0.1) is 0 Å². The van der Waals surface area contributed by atoms with Gasteiger partial charge >= 0.3 is 0 Å². The van der Waals surface area contributed by atoms with E-state index in [1.54, 1.807) is 13.3 Å². The number of pyridine rings is 1. The van der Waals surface area contributed by atoms with Gasteiger partial charge in [0.25, 0.3) is 0 Å². The highest BCUT2D eigenvalue weighted by molar-refractivity contribution is 5.44. The molecule has 0 spiro atoms. The minimum atomic E-state index is 0.660. The molecule has 1 fully saturated rings. The number of nitrogens with one attached hydrogen (secondary N) is 1. The van der Waals surface area contributed by atoms with Gasteiger partial charge in [0.2, 0.25) is 5.88 Å². The van der Waals surface area contributed by atoms with Crippen molar-refractivity contribution in [3.05, 3.63) is 18.3 Å². The van der Waals surface area contributed by atoms with Crippen LogP contribution < -0.4 is 10.1 Å². The first-order chi connectivity index (χ1) is 8.38. The summed E-state index contributed by atoms with van der Waals surface area (Å²) < 4.78 is 5.09. The first-order valence-corrected chi connectivity index (χ1v) is 6.35. The van der Waals surface area contributed by atoms with E-state index in [9.17, 15) is 0 Å². The quantitative estimate of drug-likeness (QED) is 0.847. The van der Waals surface area contributed by atoms with Gasteiger partial charge in [-0.2, -0.15) is 0 Å². The van der Waals surface area contributed by atoms with E-state index in [0.717, 1.165) is 18.8 Å². The molecular weight excluding hydrogens is 214 g/mol. The number of nitrogens with zero attached hydrogens (tertiary/aromatic N) is 2. The molecule has 1 aliphatic heterocycles. The molecule has 0 bridgehead atoms. The van der Waals surface area contributed by atoms with Crippen LogP contribution in [0.25, 0.3) is 0 Å². The Bertz CT molecular complexity index is 337. The molecule has 4 heteroatoms. The van der Waals surface area contributed by atoms with Crippen molar-refractivity contribution in [2.45, 2.75) is 19.3 Å². The van der Waals surface area contributed by atoms with Gasteiger partial charge in [0.1, 0.15) is 0 Å². The van der Waals surface area contributed by atoms with Crippen molar-refractivity contribution >= 4 is 5.69 Å². The fraction of sp³-hybridized carbons (Fsp3) is 0.615. The van der Waals surface area contributed by atoms with Crippen LogP contribution in [0.2, 0.25) is 0 Å². The zero-order valence-electron chi connectivity index (χ0n) is 10.5. The number of rotatable bonds is 5. The summed E-state index contributed by atoms with van der Waals surface area (Å²) in [6, 6.07) is 3.90. The maximum absolute atomic E-state index is 5.09. The summed E-state index contributed by atoms with van der Waals surface area (Å²) in [4.78, 5) is 6.61. The van der Waals surface area contributed by atoms with E-state index >= 15 is 0 Å². The van der Waals surface area contributed by atoms with Gasteiger partial charge in [-0.1, -0.05) is 6.42 Å². The molecule has 1 aliphatic rings. The van der Waals surface area contributed by atoms with Gasteiger partial charge in [-0.15, -0.1) is 0 Å². The topological polar surface area (TPSA) is 37.4 Å². The molecule has 4 nitrogen and oxygen atoms in total. The van der Waals surface area contributed by atoms with Gasteiger partial charge in [0.15, 0.2) is 0 Å². The molecule has 1 aromatic rings. The lowest BCUT2D eigenvalue weighted by molar-refractivity contribution is 0.237. The zero-order chi connectivity index (χ0) is 11.9. The van der Waals surface area contributed by atoms with E-state index in [2.05, 4.69) is 15.2 Å². The molecule has 1 aromatic heterocycles. The van der Waals surface area contributed by atoms with Gasteiger partial charge in [0, 0.05) is 31.0 Å². The van der Waals surface area contributed by atoms with E-state index in [1.807, 2.05) is 12.1 Å². The van der Waals surface area contributed by atoms with E-state index < -0.39 is 0 Å². The van der Waals surface area contributed by atoms with Gasteiger partial charge in [-0.25, -0.2) is 4.98 Å². The first kappa shape index (κ1) is 12.2. The second-order valence-corrected chi connectivity index (χ2v) is 4.42. The number of piperidine rings is 1. The van der Waals surface area contributed by atoms with Crippen LogP contribution in [-0.4, -0.2) is 43.2 Å². The molecule has 0 saturated carbocycles. The predicted molar refractivity (Wildman–Crippen MR) is 69.6 cm³/mol. The number of hydrogen-bond donors (Lipinski definition) is 1. The molecule has 94 valence electrons. The SMILES string of the molecule is COc1cc(NCCN2CCCCC2)ccn1. The molecule has 0 atom stereocenters. The second-order valence-electron chi connectivity index (χ2n) is 4.42. The maximum Gasteiger partial charge on any atom is 0.214 e. The molecule has 2 heterocycles. The van der Waals surface area contributed by atoms with Crippen molar-refractivity contribution in [1.82, 2.24) is 9.88 Å². The van der Waals surface area contributed by atoms with Gasteiger partial charge in [-0.3, -0.25) is 0 Å². The van der Waals surface area contributed by atoms with Crippen molar-refractivity contribution in [1.29, 1.82) is 0 Å². The summed E-state index contributed by atoms with van der Waals surface area (Å²) in [7, 11) is 1.64. The first-order valence-electron chi connectivity index (χ1n) is 6.35. The molecule has 17 heavy (non-hydrogen) atoms. The Labute approximate surface area is 103 Å². The summed E-state index contributed by atoms with van der Waals surface area (Å²) in [5.41, 5.74) is 1.08. The molecule has 0 unspecified atom stereocenters.